The van der Waals surface area contributed by atoms with E-state index >= 15 is 0 Å². The van der Waals surface area contributed by atoms with Crippen LogP contribution in [0.3, 0.4) is 0 Å². The van der Waals surface area contributed by atoms with Crippen LogP contribution in [0.2, 0.25) is 0 Å². The predicted molar refractivity (Wildman–Crippen MR) is 155 cm³/mol. The van der Waals surface area contributed by atoms with E-state index in [0.717, 1.165) is 40.7 Å². The van der Waals surface area contributed by atoms with Gasteiger partial charge in [0.25, 0.3) is 5.56 Å². The van der Waals surface area contributed by atoms with Crippen LogP contribution < -0.4 is 11.3 Å². The molecule has 0 aliphatic carbocycles. The Morgan fingerprint density at radius 2 is 1.60 bits per heavy atom. The molecule has 0 saturated carbocycles. The van der Waals surface area contributed by atoms with Gasteiger partial charge >= 0.3 is 35.3 Å². The molecule has 0 amide bonds. The Balaban J connectivity index is 0.00000370. The Morgan fingerprint density at radius 1 is 0.900 bits per heavy atom. The summed E-state index contributed by atoms with van der Waals surface area (Å²) in [5.41, 5.74) is 5.49. The van der Waals surface area contributed by atoms with Crippen molar-refractivity contribution in [1.29, 1.82) is 0 Å². The van der Waals surface area contributed by atoms with Gasteiger partial charge in [-0.25, -0.2) is 14.2 Å². The van der Waals surface area contributed by atoms with E-state index in [9.17, 15) is 14.0 Å². The monoisotopic (exact) mass is 548 g/mol. The van der Waals surface area contributed by atoms with E-state index in [-0.39, 0.29) is 47.5 Å². The van der Waals surface area contributed by atoms with Gasteiger partial charge in [-0.15, -0.1) is 0 Å². The van der Waals surface area contributed by atoms with Gasteiger partial charge in [0, 0.05) is 17.5 Å². The average molecular weight is 549 g/mol. The third kappa shape index (κ3) is 6.58. The average Bonchev–Trinajstić information content (AvgIpc) is 3.41. The molecule has 1 N–H and O–H groups in total. The summed E-state index contributed by atoms with van der Waals surface area (Å²) in [6, 6.07) is 25.1. The van der Waals surface area contributed by atoms with E-state index in [0.29, 0.717) is 29.9 Å². The molecular formula is C31H30FN4NaO3. The number of unbranched alkanes of at least 4 members (excludes halogenated alkanes) is 1. The van der Waals surface area contributed by atoms with Crippen molar-refractivity contribution in [2.45, 2.75) is 45.8 Å². The Bertz CT molecular complexity index is 1680. The number of benzene rings is 3. The Morgan fingerprint density at radius 3 is 2.25 bits per heavy atom. The van der Waals surface area contributed by atoms with Gasteiger partial charge in [-0.1, -0.05) is 97.4 Å². The van der Waals surface area contributed by atoms with Crippen molar-refractivity contribution in [3.05, 3.63) is 128 Å². The maximum absolute atomic E-state index is 14.0. The summed E-state index contributed by atoms with van der Waals surface area (Å²) in [5, 5.41) is 3.83. The molecule has 40 heavy (non-hydrogen) atoms. The second-order valence-corrected chi connectivity index (χ2v) is 9.43. The van der Waals surface area contributed by atoms with Crippen LogP contribution in [-0.4, -0.2) is 49.2 Å². The van der Waals surface area contributed by atoms with Crippen molar-refractivity contribution in [1.82, 2.24) is 19.7 Å². The van der Waals surface area contributed by atoms with Crippen LogP contribution in [0.15, 0.2) is 93.0 Å². The van der Waals surface area contributed by atoms with Gasteiger partial charge in [-0.05, 0) is 35.1 Å². The van der Waals surface area contributed by atoms with Crippen LogP contribution in [0.1, 0.15) is 48.0 Å². The molecule has 0 aliphatic rings. The van der Waals surface area contributed by atoms with Gasteiger partial charge < -0.3 is 0 Å². The SMILES string of the molecule is CCCCc1nc(CF)n(Cc2ccccc2)c(=O)c1Cc1ccc(-c2ccccc2-c2noc(=O)[nH]2)cc1.[NaH]. The fraction of sp³-hybridized carbons (Fsp3) is 0.226. The van der Waals surface area contributed by atoms with Gasteiger partial charge in [0.05, 0.1) is 12.2 Å². The number of H-pyrrole nitrogens is 1. The van der Waals surface area contributed by atoms with Crippen LogP contribution in [0, 0.1) is 0 Å². The summed E-state index contributed by atoms with van der Waals surface area (Å²) in [5.74, 6) is -0.0888. The summed E-state index contributed by atoms with van der Waals surface area (Å²) in [4.78, 5) is 32.5. The fourth-order valence-electron chi connectivity index (χ4n) is 4.74. The summed E-state index contributed by atoms with van der Waals surface area (Å²) < 4.78 is 20.2. The molecule has 5 rings (SSSR count). The third-order valence-electron chi connectivity index (χ3n) is 6.77. The number of rotatable bonds is 10. The fourth-order valence-corrected chi connectivity index (χ4v) is 4.74. The molecule has 2 heterocycles. The number of nitrogens with zero attached hydrogens (tertiary/aromatic N) is 3. The second-order valence-electron chi connectivity index (χ2n) is 9.43. The zero-order valence-corrected chi connectivity index (χ0v) is 21.7. The zero-order valence-electron chi connectivity index (χ0n) is 21.7. The molecule has 0 fully saturated rings. The van der Waals surface area contributed by atoms with Crippen molar-refractivity contribution >= 4 is 29.6 Å². The molecular weight excluding hydrogens is 518 g/mol. The summed E-state index contributed by atoms with van der Waals surface area (Å²) in [7, 11) is 0. The third-order valence-corrected chi connectivity index (χ3v) is 6.77. The molecule has 0 unspecified atom stereocenters. The number of halogens is 1. The van der Waals surface area contributed by atoms with Gasteiger partial charge in [0.1, 0.15) is 12.5 Å². The first-order chi connectivity index (χ1) is 19.1. The molecule has 3 aromatic carbocycles. The van der Waals surface area contributed by atoms with Crippen molar-refractivity contribution in [3.63, 3.8) is 0 Å². The predicted octanol–water partition coefficient (Wildman–Crippen LogP) is 5.06. The molecule has 200 valence electrons. The molecule has 9 heteroatoms. The van der Waals surface area contributed by atoms with Crippen molar-refractivity contribution in [3.8, 4) is 22.5 Å². The molecule has 0 radical (unpaired) electrons. The van der Waals surface area contributed by atoms with Crippen LogP contribution in [0.25, 0.3) is 22.5 Å². The van der Waals surface area contributed by atoms with Crippen LogP contribution in [-0.2, 0) is 26.1 Å². The first-order valence-corrected chi connectivity index (χ1v) is 13.0. The number of hydrogen-bond donors (Lipinski definition) is 1. The molecule has 7 nitrogen and oxygen atoms in total. The zero-order chi connectivity index (χ0) is 27.2. The minimum atomic E-state index is -0.799. The van der Waals surface area contributed by atoms with E-state index in [4.69, 9.17) is 0 Å². The maximum atomic E-state index is 14.0. The number of aryl methyl sites for hydroxylation is 1. The van der Waals surface area contributed by atoms with Gasteiger partial charge in [-0.3, -0.25) is 18.9 Å². The van der Waals surface area contributed by atoms with Crippen molar-refractivity contribution < 1.29 is 8.91 Å². The summed E-state index contributed by atoms with van der Waals surface area (Å²) in [6.07, 6.45) is 2.84. The Labute approximate surface area is 253 Å². The normalized spacial score (nSPS) is 10.8. The number of hydrogen-bond acceptors (Lipinski definition) is 5. The number of nitrogens with one attached hydrogen (secondary N) is 1. The quantitative estimate of drug-likeness (QED) is 0.247. The second kappa shape index (κ2) is 13.7. The molecule has 2 aromatic heterocycles. The first kappa shape index (κ1) is 29.4. The standard InChI is InChI=1S/C31H29FN4O3.Na.H/c1-2-3-13-27-26(30(37)36(28(19-32)33-27)20-22-9-5-4-6-10-22)18-21-14-16-23(17-15-21)24-11-7-8-12-25(24)29-34-31(38)39-35-29;;/h4-12,14-17H,2-3,13,18-20H2,1H3,(H,34,35,38);;. The first-order valence-electron chi connectivity index (χ1n) is 13.0. The van der Waals surface area contributed by atoms with Gasteiger partial charge in [0.2, 0.25) is 0 Å². The molecule has 0 aliphatic heterocycles. The summed E-state index contributed by atoms with van der Waals surface area (Å²) in [6.45, 7) is 1.55. The van der Waals surface area contributed by atoms with Crippen LogP contribution in [0.4, 0.5) is 4.39 Å². The number of aromatic amines is 1. The molecule has 0 spiro atoms. The molecule has 5 aromatic rings. The van der Waals surface area contributed by atoms with Crippen LogP contribution >= 0.6 is 0 Å². The van der Waals surface area contributed by atoms with Crippen LogP contribution in [0.5, 0.6) is 0 Å². The Hall–Kier alpha value is -3.59. The van der Waals surface area contributed by atoms with E-state index in [1.807, 2.05) is 78.9 Å². The van der Waals surface area contributed by atoms with Gasteiger partial charge in [-0.2, -0.15) is 0 Å². The number of aromatic nitrogens is 4. The van der Waals surface area contributed by atoms with E-state index in [2.05, 4.69) is 26.6 Å². The minimum absolute atomic E-state index is 0. The molecule has 0 saturated heterocycles. The van der Waals surface area contributed by atoms with E-state index in [1.54, 1.807) is 0 Å². The Kier molecular flexibility index (Phi) is 10.0. The van der Waals surface area contributed by atoms with E-state index < -0.39 is 12.4 Å². The van der Waals surface area contributed by atoms with Crippen molar-refractivity contribution in [2.24, 2.45) is 0 Å². The number of alkyl halides is 1. The summed E-state index contributed by atoms with van der Waals surface area (Å²) >= 11 is 0. The van der Waals surface area contributed by atoms with Crippen molar-refractivity contribution in [2.75, 3.05) is 0 Å². The topological polar surface area (TPSA) is 93.8 Å². The molecule has 0 bridgehead atoms. The molecule has 0 atom stereocenters. The van der Waals surface area contributed by atoms with E-state index in [1.165, 1.54) is 4.57 Å². The van der Waals surface area contributed by atoms with Gasteiger partial charge in [0.15, 0.2) is 5.82 Å².